The molecule has 0 unspecified atom stereocenters. The lowest BCUT2D eigenvalue weighted by atomic mass is 9.94. The SMILES string of the molecule is COc1ccc([C@@H]2/C(=C(\O)c3ccc4c(c3)C[C@H](C)O4)C(=O)C(=O)N2c2nc3ccc(OC)cc3s2)cc1. The molecular formula is C29H24N2O6S. The first-order valence-corrected chi connectivity index (χ1v) is 12.9. The van der Waals surface area contributed by atoms with Gasteiger partial charge in [-0.2, -0.15) is 0 Å². The van der Waals surface area contributed by atoms with Gasteiger partial charge in [-0.25, -0.2) is 4.98 Å². The molecule has 3 aromatic carbocycles. The number of methoxy groups -OCH3 is 2. The Bertz CT molecular complexity index is 1620. The largest absolute Gasteiger partial charge is 0.507 e. The molecule has 0 radical (unpaired) electrons. The van der Waals surface area contributed by atoms with Crippen molar-refractivity contribution in [2.24, 2.45) is 0 Å². The summed E-state index contributed by atoms with van der Waals surface area (Å²) < 4.78 is 17.2. The first-order chi connectivity index (χ1) is 18.4. The summed E-state index contributed by atoms with van der Waals surface area (Å²) >= 11 is 1.28. The highest BCUT2D eigenvalue weighted by atomic mass is 32.1. The van der Waals surface area contributed by atoms with Gasteiger partial charge in [-0.05, 0) is 66.6 Å². The fourth-order valence-corrected chi connectivity index (χ4v) is 6.00. The number of hydrogen-bond donors (Lipinski definition) is 1. The first-order valence-electron chi connectivity index (χ1n) is 12.1. The number of thiazole rings is 1. The minimum Gasteiger partial charge on any atom is -0.507 e. The van der Waals surface area contributed by atoms with E-state index in [1.807, 2.05) is 19.1 Å². The third-order valence-electron chi connectivity index (χ3n) is 6.84. The van der Waals surface area contributed by atoms with Gasteiger partial charge in [0.2, 0.25) is 0 Å². The number of rotatable bonds is 5. The number of amides is 1. The van der Waals surface area contributed by atoms with Crippen molar-refractivity contribution in [2.45, 2.75) is 25.5 Å². The van der Waals surface area contributed by atoms with E-state index in [2.05, 4.69) is 4.98 Å². The summed E-state index contributed by atoms with van der Waals surface area (Å²) in [5.74, 6) is 0.284. The smallest absolute Gasteiger partial charge is 0.301 e. The average molecular weight is 529 g/mol. The number of carbonyl (C=O) groups is 2. The van der Waals surface area contributed by atoms with Gasteiger partial charge in [-0.3, -0.25) is 14.5 Å². The van der Waals surface area contributed by atoms with Crippen molar-refractivity contribution < 1.29 is 28.9 Å². The van der Waals surface area contributed by atoms with Crippen molar-refractivity contribution in [3.63, 3.8) is 0 Å². The van der Waals surface area contributed by atoms with Crippen LogP contribution in [0, 0.1) is 0 Å². The van der Waals surface area contributed by atoms with Crippen molar-refractivity contribution in [3.05, 3.63) is 82.9 Å². The van der Waals surface area contributed by atoms with Crippen LogP contribution in [-0.4, -0.2) is 42.1 Å². The van der Waals surface area contributed by atoms with E-state index in [0.717, 1.165) is 16.0 Å². The van der Waals surface area contributed by atoms with Crippen LogP contribution in [0.15, 0.2) is 66.2 Å². The normalized spacial score (nSPS) is 20.0. The van der Waals surface area contributed by atoms with Crippen LogP contribution in [0.4, 0.5) is 5.13 Å². The first kappa shape index (κ1) is 24.0. The number of ketones is 1. The third-order valence-corrected chi connectivity index (χ3v) is 7.85. The monoisotopic (exact) mass is 528 g/mol. The topological polar surface area (TPSA) is 98.2 Å². The van der Waals surface area contributed by atoms with E-state index >= 15 is 0 Å². The minimum atomic E-state index is -0.883. The van der Waals surface area contributed by atoms with Gasteiger partial charge >= 0.3 is 5.91 Å². The second kappa shape index (κ2) is 9.18. The second-order valence-electron chi connectivity index (χ2n) is 9.23. The lowest BCUT2D eigenvalue weighted by Crippen LogP contribution is -2.29. The molecule has 3 heterocycles. The molecule has 0 spiro atoms. The molecule has 1 aromatic heterocycles. The minimum absolute atomic E-state index is 0.00363. The highest BCUT2D eigenvalue weighted by molar-refractivity contribution is 7.22. The molecule has 1 N–H and O–H groups in total. The van der Waals surface area contributed by atoms with Crippen LogP contribution in [0.25, 0.3) is 16.0 Å². The number of aromatic nitrogens is 1. The van der Waals surface area contributed by atoms with E-state index in [-0.39, 0.29) is 17.4 Å². The van der Waals surface area contributed by atoms with E-state index in [1.165, 1.54) is 16.2 Å². The summed E-state index contributed by atoms with van der Waals surface area (Å²) in [6, 6.07) is 16.9. The molecule has 2 aliphatic rings. The molecule has 2 aliphatic heterocycles. The number of benzene rings is 3. The number of anilines is 1. The van der Waals surface area contributed by atoms with Gasteiger partial charge in [0.1, 0.15) is 29.1 Å². The Kier molecular flexibility index (Phi) is 5.80. The maximum Gasteiger partial charge on any atom is 0.301 e. The van der Waals surface area contributed by atoms with Crippen molar-refractivity contribution >= 4 is 44.1 Å². The summed E-state index contributed by atoms with van der Waals surface area (Å²) in [6.45, 7) is 1.97. The Morgan fingerprint density at radius 2 is 1.76 bits per heavy atom. The van der Waals surface area contributed by atoms with Gasteiger partial charge in [0, 0.05) is 12.0 Å². The van der Waals surface area contributed by atoms with Gasteiger partial charge in [0.25, 0.3) is 5.78 Å². The number of hydrogen-bond acceptors (Lipinski definition) is 8. The van der Waals surface area contributed by atoms with Gasteiger partial charge < -0.3 is 19.3 Å². The zero-order valence-corrected chi connectivity index (χ0v) is 21.7. The molecule has 6 rings (SSSR count). The standard InChI is InChI=1S/C29H24N2O6S/c1-15-12-18-13-17(6-11-22(18)37-15)26(32)24-25(16-4-7-19(35-2)8-5-16)31(28(34)27(24)33)29-30-21-10-9-20(36-3)14-23(21)38-29/h4-11,13-15,25,32H,12H2,1-3H3/b26-24+/t15-,25+/m0/s1. The Hall–Kier alpha value is -4.37. The average Bonchev–Trinajstić information content (AvgIpc) is 3.60. The molecule has 0 bridgehead atoms. The van der Waals surface area contributed by atoms with E-state index in [4.69, 9.17) is 14.2 Å². The van der Waals surface area contributed by atoms with E-state index in [1.54, 1.807) is 62.8 Å². The van der Waals surface area contributed by atoms with E-state index < -0.39 is 17.7 Å². The molecule has 0 aliphatic carbocycles. The molecule has 1 amide bonds. The van der Waals surface area contributed by atoms with Crippen LogP contribution in [0.3, 0.4) is 0 Å². The Morgan fingerprint density at radius 3 is 2.50 bits per heavy atom. The molecule has 1 fully saturated rings. The molecule has 4 aromatic rings. The van der Waals surface area contributed by atoms with E-state index in [0.29, 0.717) is 39.7 Å². The number of aliphatic hydroxyl groups is 1. The molecule has 2 atom stereocenters. The zero-order valence-electron chi connectivity index (χ0n) is 20.9. The number of Topliss-reactive ketones (excluding diaryl/α,β-unsaturated/α-hetero) is 1. The number of carbonyl (C=O) groups excluding carboxylic acids is 2. The van der Waals surface area contributed by atoms with Crippen LogP contribution >= 0.6 is 11.3 Å². The Labute approximate surface area is 222 Å². The summed E-state index contributed by atoms with van der Waals surface area (Å²) in [4.78, 5) is 33.1. The molecule has 9 heteroatoms. The Morgan fingerprint density at radius 1 is 1.03 bits per heavy atom. The summed E-state index contributed by atoms with van der Waals surface area (Å²) in [5, 5.41) is 11.8. The predicted molar refractivity (Wildman–Crippen MR) is 144 cm³/mol. The molecule has 1 saturated heterocycles. The maximum absolute atomic E-state index is 13.5. The van der Waals surface area contributed by atoms with Crippen LogP contribution in [-0.2, 0) is 16.0 Å². The van der Waals surface area contributed by atoms with Gasteiger partial charge in [-0.1, -0.05) is 23.5 Å². The molecule has 0 saturated carbocycles. The lowest BCUT2D eigenvalue weighted by molar-refractivity contribution is -0.132. The Balaban J connectivity index is 1.52. The van der Waals surface area contributed by atoms with Crippen LogP contribution < -0.4 is 19.1 Å². The highest BCUT2D eigenvalue weighted by Gasteiger charge is 2.48. The van der Waals surface area contributed by atoms with Crippen LogP contribution in [0.5, 0.6) is 17.2 Å². The molecule has 192 valence electrons. The van der Waals surface area contributed by atoms with Gasteiger partial charge in [0.05, 0.1) is 36.1 Å². The summed E-state index contributed by atoms with van der Waals surface area (Å²) in [6.07, 6.45) is 0.729. The van der Waals surface area contributed by atoms with E-state index in [9.17, 15) is 14.7 Å². The van der Waals surface area contributed by atoms with Gasteiger partial charge in [0.15, 0.2) is 5.13 Å². The number of aliphatic hydroxyl groups excluding tert-OH is 1. The maximum atomic E-state index is 13.5. The molecule has 8 nitrogen and oxygen atoms in total. The molecular weight excluding hydrogens is 504 g/mol. The quantitative estimate of drug-likeness (QED) is 0.214. The fraction of sp³-hybridized carbons (Fsp3) is 0.207. The van der Waals surface area contributed by atoms with Crippen molar-refractivity contribution in [2.75, 3.05) is 19.1 Å². The van der Waals surface area contributed by atoms with Crippen molar-refractivity contribution in [1.82, 2.24) is 4.98 Å². The third kappa shape index (κ3) is 3.86. The van der Waals surface area contributed by atoms with Crippen molar-refractivity contribution in [1.29, 1.82) is 0 Å². The van der Waals surface area contributed by atoms with Crippen LogP contribution in [0.1, 0.15) is 29.7 Å². The predicted octanol–water partition coefficient (Wildman–Crippen LogP) is 5.26. The summed E-state index contributed by atoms with van der Waals surface area (Å²) in [5.41, 5.74) is 2.71. The number of fused-ring (bicyclic) bond motifs is 2. The lowest BCUT2D eigenvalue weighted by Gasteiger charge is -2.23. The molecule has 38 heavy (non-hydrogen) atoms. The fourth-order valence-electron chi connectivity index (χ4n) is 4.98. The van der Waals surface area contributed by atoms with Crippen molar-refractivity contribution in [3.8, 4) is 17.2 Å². The second-order valence-corrected chi connectivity index (χ2v) is 10.2. The number of nitrogens with zero attached hydrogens (tertiary/aromatic N) is 2. The summed E-state index contributed by atoms with van der Waals surface area (Å²) in [7, 11) is 3.14. The van der Waals surface area contributed by atoms with Crippen LogP contribution in [0.2, 0.25) is 0 Å². The van der Waals surface area contributed by atoms with Gasteiger partial charge in [-0.15, -0.1) is 0 Å². The number of ether oxygens (including phenoxy) is 3. The highest BCUT2D eigenvalue weighted by Crippen LogP contribution is 2.45. The zero-order chi connectivity index (χ0) is 26.6.